The van der Waals surface area contributed by atoms with Crippen molar-refractivity contribution in [2.24, 2.45) is 7.05 Å². The van der Waals surface area contributed by atoms with Crippen molar-refractivity contribution in [3.63, 3.8) is 0 Å². The van der Waals surface area contributed by atoms with E-state index in [0.29, 0.717) is 22.3 Å². The normalized spacial score (nSPS) is 10.7. The Labute approximate surface area is 116 Å². The van der Waals surface area contributed by atoms with Crippen molar-refractivity contribution >= 4 is 34.6 Å². The highest BCUT2D eigenvalue weighted by atomic mass is 35.5. The number of hydrogen-bond acceptors (Lipinski definition) is 3. The number of aromatic nitrogens is 2. The lowest BCUT2D eigenvalue weighted by atomic mass is 10.2. The average molecular weight is 285 g/mol. The highest BCUT2D eigenvalue weighted by Gasteiger charge is 2.13. The molecule has 6 heteroatoms. The predicted molar refractivity (Wildman–Crippen MR) is 76.2 cm³/mol. The summed E-state index contributed by atoms with van der Waals surface area (Å²) in [4.78, 5) is 1.97. The Kier molecular flexibility index (Phi) is 3.68. The standard InChI is InChI=1S/C12H14Cl2N4/c1-17(6-8-5-16-18(2)7-8)12-10(13)3-9(15)4-11(12)14/h3-5,7H,6,15H2,1-2H3. The van der Waals surface area contributed by atoms with E-state index < -0.39 is 0 Å². The maximum atomic E-state index is 6.17. The van der Waals surface area contributed by atoms with Gasteiger partial charge in [-0.25, -0.2) is 0 Å². The lowest BCUT2D eigenvalue weighted by Crippen LogP contribution is -2.17. The molecule has 0 fully saturated rings. The molecule has 1 aromatic carbocycles. The van der Waals surface area contributed by atoms with Gasteiger partial charge in [0.05, 0.1) is 21.9 Å². The van der Waals surface area contributed by atoms with Crippen molar-refractivity contribution in [1.82, 2.24) is 9.78 Å². The van der Waals surface area contributed by atoms with Crippen LogP contribution in [-0.4, -0.2) is 16.8 Å². The van der Waals surface area contributed by atoms with E-state index in [9.17, 15) is 0 Å². The molecule has 96 valence electrons. The molecule has 0 bridgehead atoms. The van der Waals surface area contributed by atoms with Gasteiger partial charge in [0.15, 0.2) is 0 Å². The smallest absolute Gasteiger partial charge is 0.0746 e. The molecule has 0 spiro atoms. The van der Waals surface area contributed by atoms with Crippen molar-refractivity contribution in [2.45, 2.75) is 6.54 Å². The summed E-state index contributed by atoms with van der Waals surface area (Å²) < 4.78 is 1.76. The van der Waals surface area contributed by atoms with E-state index in [1.54, 1.807) is 16.8 Å². The molecule has 0 radical (unpaired) electrons. The maximum Gasteiger partial charge on any atom is 0.0746 e. The second-order valence-electron chi connectivity index (χ2n) is 4.21. The van der Waals surface area contributed by atoms with Gasteiger partial charge < -0.3 is 10.6 Å². The molecule has 0 amide bonds. The Morgan fingerprint density at radius 3 is 2.44 bits per heavy atom. The zero-order valence-corrected chi connectivity index (χ0v) is 11.7. The highest BCUT2D eigenvalue weighted by Crippen LogP contribution is 2.35. The van der Waals surface area contributed by atoms with Gasteiger partial charge in [0.2, 0.25) is 0 Å². The van der Waals surface area contributed by atoms with Crippen LogP contribution < -0.4 is 10.6 Å². The van der Waals surface area contributed by atoms with Crippen LogP contribution in [0.2, 0.25) is 10.0 Å². The monoisotopic (exact) mass is 284 g/mol. The summed E-state index contributed by atoms with van der Waals surface area (Å²) in [5.41, 5.74) is 8.10. The van der Waals surface area contributed by atoms with E-state index in [-0.39, 0.29) is 0 Å². The van der Waals surface area contributed by atoms with Crippen LogP contribution in [0.1, 0.15) is 5.56 Å². The topological polar surface area (TPSA) is 47.1 Å². The summed E-state index contributed by atoms with van der Waals surface area (Å²) >= 11 is 12.3. The molecule has 18 heavy (non-hydrogen) atoms. The number of aryl methyl sites for hydroxylation is 1. The van der Waals surface area contributed by atoms with E-state index in [1.807, 2.05) is 31.4 Å². The maximum absolute atomic E-state index is 6.17. The van der Waals surface area contributed by atoms with Crippen LogP contribution in [0.3, 0.4) is 0 Å². The number of nitrogens with two attached hydrogens (primary N) is 1. The number of nitrogens with zero attached hydrogens (tertiary/aromatic N) is 3. The minimum Gasteiger partial charge on any atom is -0.399 e. The van der Waals surface area contributed by atoms with E-state index in [1.165, 1.54) is 0 Å². The molecule has 2 N–H and O–H groups in total. The summed E-state index contributed by atoms with van der Waals surface area (Å²) in [6.07, 6.45) is 3.77. The van der Waals surface area contributed by atoms with Crippen LogP contribution >= 0.6 is 23.2 Å². The minimum atomic E-state index is 0.548. The molecule has 0 atom stereocenters. The van der Waals surface area contributed by atoms with Gasteiger partial charge in [-0.3, -0.25) is 4.68 Å². The molecule has 0 aliphatic rings. The van der Waals surface area contributed by atoms with Gasteiger partial charge in [-0.05, 0) is 12.1 Å². The summed E-state index contributed by atoms with van der Waals surface area (Å²) in [6.45, 7) is 0.678. The van der Waals surface area contributed by atoms with Crippen molar-refractivity contribution in [3.8, 4) is 0 Å². The second-order valence-corrected chi connectivity index (χ2v) is 5.03. The number of rotatable bonds is 3. The van der Waals surface area contributed by atoms with Crippen molar-refractivity contribution in [1.29, 1.82) is 0 Å². The Hall–Kier alpha value is -1.39. The third-order valence-electron chi connectivity index (χ3n) is 2.60. The number of nitrogen functional groups attached to an aromatic ring is 1. The van der Waals surface area contributed by atoms with Crippen LogP contribution in [0.25, 0.3) is 0 Å². The predicted octanol–water partition coefficient (Wildman–Crippen LogP) is 2.95. The molecule has 0 aliphatic carbocycles. The molecule has 0 aliphatic heterocycles. The molecule has 0 saturated heterocycles. The zero-order chi connectivity index (χ0) is 13.3. The highest BCUT2D eigenvalue weighted by molar-refractivity contribution is 6.39. The van der Waals surface area contributed by atoms with Gasteiger partial charge >= 0.3 is 0 Å². The van der Waals surface area contributed by atoms with Crippen LogP contribution in [0.4, 0.5) is 11.4 Å². The minimum absolute atomic E-state index is 0.548. The Balaban J connectivity index is 2.26. The van der Waals surface area contributed by atoms with Crippen molar-refractivity contribution < 1.29 is 0 Å². The first-order valence-electron chi connectivity index (χ1n) is 5.40. The summed E-state index contributed by atoms with van der Waals surface area (Å²) in [5, 5.41) is 5.22. The van der Waals surface area contributed by atoms with E-state index in [0.717, 1.165) is 11.3 Å². The largest absolute Gasteiger partial charge is 0.399 e. The molecule has 4 nitrogen and oxygen atoms in total. The Bertz CT molecular complexity index is 542. The number of halogens is 2. The van der Waals surface area contributed by atoms with Gasteiger partial charge in [0, 0.05) is 38.1 Å². The van der Waals surface area contributed by atoms with Gasteiger partial charge in [-0.1, -0.05) is 23.2 Å². The molecule has 1 aromatic heterocycles. The number of anilines is 2. The number of benzene rings is 1. The first kappa shape index (κ1) is 13.1. The Morgan fingerprint density at radius 1 is 1.33 bits per heavy atom. The molecular formula is C12H14Cl2N4. The fourth-order valence-electron chi connectivity index (χ4n) is 1.86. The van der Waals surface area contributed by atoms with Gasteiger partial charge in [0.25, 0.3) is 0 Å². The summed E-state index contributed by atoms with van der Waals surface area (Å²) in [6, 6.07) is 3.39. The molecular weight excluding hydrogens is 271 g/mol. The van der Waals surface area contributed by atoms with Crippen molar-refractivity contribution in [3.05, 3.63) is 40.1 Å². The van der Waals surface area contributed by atoms with Crippen molar-refractivity contribution in [2.75, 3.05) is 17.7 Å². The second kappa shape index (κ2) is 5.08. The van der Waals surface area contributed by atoms with E-state index >= 15 is 0 Å². The van der Waals surface area contributed by atoms with Gasteiger partial charge in [0.1, 0.15) is 0 Å². The van der Waals surface area contributed by atoms with Gasteiger partial charge in [-0.15, -0.1) is 0 Å². The lowest BCUT2D eigenvalue weighted by Gasteiger charge is -2.21. The van der Waals surface area contributed by atoms with Crippen LogP contribution in [0.5, 0.6) is 0 Å². The first-order chi connectivity index (χ1) is 8.47. The molecule has 1 heterocycles. The van der Waals surface area contributed by atoms with Gasteiger partial charge in [-0.2, -0.15) is 5.10 Å². The SMILES string of the molecule is CN(Cc1cnn(C)c1)c1c(Cl)cc(N)cc1Cl. The zero-order valence-electron chi connectivity index (χ0n) is 10.2. The first-order valence-corrected chi connectivity index (χ1v) is 6.16. The van der Waals surface area contributed by atoms with Crippen LogP contribution in [0, 0.1) is 0 Å². The fraction of sp³-hybridized carbons (Fsp3) is 0.250. The molecule has 2 rings (SSSR count). The third kappa shape index (κ3) is 2.71. The van der Waals surface area contributed by atoms with Crippen LogP contribution in [0.15, 0.2) is 24.5 Å². The molecule has 2 aromatic rings. The molecule has 0 unspecified atom stereocenters. The Morgan fingerprint density at radius 2 is 1.94 bits per heavy atom. The summed E-state index contributed by atoms with van der Waals surface area (Å²) in [5.74, 6) is 0. The van der Waals surface area contributed by atoms with E-state index in [4.69, 9.17) is 28.9 Å². The van der Waals surface area contributed by atoms with Crippen LogP contribution in [-0.2, 0) is 13.6 Å². The average Bonchev–Trinajstić information content (AvgIpc) is 2.62. The molecule has 0 saturated carbocycles. The number of hydrogen-bond donors (Lipinski definition) is 1. The quantitative estimate of drug-likeness (QED) is 0.882. The lowest BCUT2D eigenvalue weighted by molar-refractivity contribution is 0.766. The fourth-order valence-corrected chi connectivity index (χ4v) is 2.65. The van der Waals surface area contributed by atoms with E-state index in [2.05, 4.69) is 5.10 Å². The summed E-state index contributed by atoms with van der Waals surface area (Å²) in [7, 11) is 3.81. The third-order valence-corrected chi connectivity index (χ3v) is 3.18.